The molecule has 18 heavy (non-hydrogen) atoms. The number of hydrogen-bond donors (Lipinski definition) is 2. The zero-order valence-corrected chi connectivity index (χ0v) is 10.6. The third kappa shape index (κ3) is 2.36. The highest BCUT2D eigenvalue weighted by atomic mass is 16.3. The molecule has 2 saturated heterocycles. The van der Waals surface area contributed by atoms with Crippen molar-refractivity contribution in [3.63, 3.8) is 0 Å². The number of β-amino-alcohol motifs (C(OH)–C–C–N with tert-alkyl or cyclic N) is 1. The smallest absolute Gasteiger partial charge is 0.0831 e. The second-order valence-electron chi connectivity index (χ2n) is 5.15. The van der Waals surface area contributed by atoms with Gasteiger partial charge < -0.3 is 15.3 Å². The summed E-state index contributed by atoms with van der Waals surface area (Å²) in [6, 6.07) is 10.9. The fourth-order valence-electron chi connectivity index (χ4n) is 2.97. The molecule has 2 heterocycles. The number of nitrogens with one attached hydrogen (secondary N) is 1. The number of piperazine rings is 1. The van der Waals surface area contributed by atoms with Gasteiger partial charge in [0.25, 0.3) is 0 Å². The molecule has 1 aromatic rings. The summed E-state index contributed by atoms with van der Waals surface area (Å²) in [6.07, 6.45) is -0.201. The molecule has 3 rings (SSSR count). The van der Waals surface area contributed by atoms with E-state index in [4.69, 9.17) is 0 Å². The number of aliphatic hydroxyl groups excluding tert-OH is 1. The van der Waals surface area contributed by atoms with E-state index in [0.717, 1.165) is 39.3 Å². The van der Waals surface area contributed by atoms with Crippen LogP contribution >= 0.6 is 0 Å². The van der Waals surface area contributed by atoms with Crippen LogP contribution in [0.1, 0.15) is 0 Å². The first-order valence-corrected chi connectivity index (χ1v) is 6.77. The summed E-state index contributed by atoms with van der Waals surface area (Å²) < 4.78 is 0. The molecule has 98 valence electrons. The summed E-state index contributed by atoms with van der Waals surface area (Å²) in [4.78, 5) is 4.84. The molecule has 4 heteroatoms. The van der Waals surface area contributed by atoms with E-state index in [1.807, 2.05) is 0 Å². The monoisotopic (exact) mass is 247 g/mol. The second-order valence-corrected chi connectivity index (χ2v) is 5.15. The maximum atomic E-state index is 9.91. The Bertz CT molecular complexity index is 376. The molecule has 0 spiro atoms. The summed E-state index contributed by atoms with van der Waals surface area (Å²) >= 11 is 0. The van der Waals surface area contributed by atoms with Gasteiger partial charge in [-0.15, -0.1) is 0 Å². The Morgan fingerprint density at radius 1 is 1.00 bits per heavy atom. The van der Waals surface area contributed by atoms with E-state index < -0.39 is 0 Å². The molecule has 1 aromatic carbocycles. The van der Waals surface area contributed by atoms with Crippen molar-refractivity contribution < 1.29 is 5.11 Å². The van der Waals surface area contributed by atoms with Crippen molar-refractivity contribution in [2.45, 2.75) is 12.1 Å². The predicted octanol–water partition coefficient (Wildman–Crippen LogP) is 0.141. The fraction of sp³-hybridized carbons (Fsp3) is 0.571. The van der Waals surface area contributed by atoms with Crippen LogP contribution in [-0.4, -0.2) is 61.4 Å². The average Bonchev–Trinajstić information content (AvgIpc) is 2.86. The Morgan fingerprint density at radius 3 is 2.33 bits per heavy atom. The van der Waals surface area contributed by atoms with Gasteiger partial charge in [0, 0.05) is 51.0 Å². The van der Waals surface area contributed by atoms with Crippen molar-refractivity contribution in [3.05, 3.63) is 30.3 Å². The van der Waals surface area contributed by atoms with Crippen LogP contribution in [0.15, 0.2) is 30.3 Å². The van der Waals surface area contributed by atoms with E-state index in [1.165, 1.54) is 5.69 Å². The van der Waals surface area contributed by atoms with Crippen LogP contribution in [0.5, 0.6) is 0 Å². The Labute approximate surface area is 108 Å². The maximum absolute atomic E-state index is 9.91. The minimum Gasteiger partial charge on any atom is -0.390 e. The first kappa shape index (κ1) is 12.0. The standard InChI is InChI=1S/C14H21N3O/c18-14-11-15-10-13(14)17-8-6-16(7-9-17)12-4-2-1-3-5-12/h1-5,13-15,18H,6-11H2/t13?,14-/m1/s1. The highest BCUT2D eigenvalue weighted by molar-refractivity contribution is 5.46. The number of hydrogen-bond acceptors (Lipinski definition) is 4. The Hall–Kier alpha value is -1.10. The second kappa shape index (κ2) is 5.26. The quantitative estimate of drug-likeness (QED) is 0.780. The number of benzene rings is 1. The molecule has 2 aliphatic heterocycles. The van der Waals surface area contributed by atoms with Gasteiger partial charge in [-0.2, -0.15) is 0 Å². The van der Waals surface area contributed by atoms with E-state index in [-0.39, 0.29) is 6.10 Å². The Balaban J connectivity index is 1.58. The van der Waals surface area contributed by atoms with Crippen LogP contribution in [0.2, 0.25) is 0 Å². The van der Waals surface area contributed by atoms with Crippen LogP contribution in [0, 0.1) is 0 Å². The van der Waals surface area contributed by atoms with Gasteiger partial charge in [-0.3, -0.25) is 4.90 Å². The summed E-state index contributed by atoms with van der Waals surface area (Å²) in [5.41, 5.74) is 1.31. The van der Waals surface area contributed by atoms with Gasteiger partial charge in [-0.05, 0) is 12.1 Å². The molecule has 0 radical (unpaired) electrons. The topological polar surface area (TPSA) is 38.7 Å². The van der Waals surface area contributed by atoms with Gasteiger partial charge in [0.2, 0.25) is 0 Å². The molecular weight excluding hydrogens is 226 g/mol. The molecule has 4 nitrogen and oxygen atoms in total. The van der Waals surface area contributed by atoms with Gasteiger partial charge in [0.05, 0.1) is 6.10 Å². The van der Waals surface area contributed by atoms with Crippen LogP contribution in [0.3, 0.4) is 0 Å². The Morgan fingerprint density at radius 2 is 1.72 bits per heavy atom. The third-order valence-corrected chi connectivity index (χ3v) is 4.06. The van der Waals surface area contributed by atoms with Crippen molar-refractivity contribution in [1.29, 1.82) is 0 Å². The van der Waals surface area contributed by atoms with Gasteiger partial charge in [-0.25, -0.2) is 0 Å². The van der Waals surface area contributed by atoms with Crippen LogP contribution in [-0.2, 0) is 0 Å². The van der Waals surface area contributed by atoms with Gasteiger partial charge in [0.1, 0.15) is 0 Å². The number of anilines is 1. The highest BCUT2D eigenvalue weighted by Crippen LogP contribution is 2.18. The summed E-state index contributed by atoms with van der Waals surface area (Å²) in [5, 5.41) is 13.2. The van der Waals surface area contributed by atoms with Crippen LogP contribution in [0.25, 0.3) is 0 Å². The first-order valence-electron chi connectivity index (χ1n) is 6.77. The molecule has 2 atom stereocenters. The van der Waals surface area contributed by atoms with Crippen molar-refractivity contribution in [3.8, 4) is 0 Å². The molecule has 0 saturated carbocycles. The molecule has 2 N–H and O–H groups in total. The number of nitrogens with zero attached hydrogens (tertiary/aromatic N) is 2. The SMILES string of the molecule is O[C@@H]1CNCC1N1CCN(c2ccccc2)CC1. The molecule has 2 aliphatic rings. The minimum absolute atomic E-state index is 0.201. The fourth-order valence-corrected chi connectivity index (χ4v) is 2.97. The van der Waals surface area contributed by atoms with E-state index in [9.17, 15) is 5.11 Å². The predicted molar refractivity (Wildman–Crippen MR) is 72.9 cm³/mol. The van der Waals surface area contributed by atoms with Gasteiger partial charge in [-0.1, -0.05) is 18.2 Å². The zero-order valence-electron chi connectivity index (χ0n) is 10.6. The maximum Gasteiger partial charge on any atom is 0.0831 e. The Kier molecular flexibility index (Phi) is 3.50. The van der Waals surface area contributed by atoms with E-state index in [0.29, 0.717) is 6.04 Å². The van der Waals surface area contributed by atoms with E-state index in [2.05, 4.69) is 45.4 Å². The third-order valence-electron chi connectivity index (χ3n) is 4.06. The number of rotatable bonds is 2. The normalized spacial score (nSPS) is 29.7. The molecule has 0 amide bonds. The molecule has 0 aromatic heterocycles. The van der Waals surface area contributed by atoms with Crippen LogP contribution < -0.4 is 10.2 Å². The molecule has 0 bridgehead atoms. The van der Waals surface area contributed by atoms with Gasteiger partial charge in [0.15, 0.2) is 0 Å². The van der Waals surface area contributed by atoms with Crippen molar-refractivity contribution in [2.75, 3.05) is 44.2 Å². The highest BCUT2D eigenvalue weighted by Gasteiger charge is 2.32. The largest absolute Gasteiger partial charge is 0.390 e. The summed E-state index contributed by atoms with van der Waals surface area (Å²) in [5.74, 6) is 0. The molecular formula is C14H21N3O. The molecule has 1 unspecified atom stereocenters. The summed E-state index contributed by atoms with van der Waals surface area (Å²) in [7, 11) is 0. The first-order chi connectivity index (χ1) is 8.84. The molecule has 0 aliphatic carbocycles. The van der Waals surface area contributed by atoms with Crippen molar-refractivity contribution in [2.24, 2.45) is 0 Å². The minimum atomic E-state index is -0.201. The van der Waals surface area contributed by atoms with Gasteiger partial charge >= 0.3 is 0 Å². The lowest BCUT2D eigenvalue weighted by Gasteiger charge is -2.39. The lowest BCUT2D eigenvalue weighted by Crippen LogP contribution is -2.53. The van der Waals surface area contributed by atoms with Crippen LogP contribution in [0.4, 0.5) is 5.69 Å². The van der Waals surface area contributed by atoms with E-state index in [1.54, 1.807) is 0 Å². The average molecular weight is 247 g/mol. The summed E-state index contributed by atoms with van der Waals surface area (Å²) in [6.45, 7) is 5.84. The van der Waals surface area contributed by atoms with Crippen molar-refractivity contribution in [1.82, 2.24) is 10.2 Å². The lowest BCUT2D eigenvalue weighted by atomic mass is 10.1. The van der Waals surface area contributed by atoms with E-state index >= 15 is 0 Å². The number of aliphatic hydroxyl groups is 1. The zero-order chi connectivity index (χ0) is 12.4. The number of para-hydroxylation sites is 1. The molecule has 2 fully saturated rings. The van der Waals surface area contributed by atoms with Crippen molar-refractivity contribution >= 4 is 5.69 Å². The lowest BCUT2D eigenvalue weighted by molar-refractivity contribution is 0.0792.